The van der Waals surface area contributed by atoms with Gasteiger partial charge in [0.05, 0.1) is 11.8 Å². The molecule has 0 radical (unpaired) electrons. The lowest BCUT2D eigenvalue weighted by Gasteiger charge is -2.21. The maximum absolute atomic E-state index is 11.6. The summed E-state index contributed by atoms with van der Waals surface area (Å²) in [6.07, 6.45) is 1.37. The van der Waals surface area contributed by atoms with Crippen molar-refractivity contribution in [2.75, 3.05) is 12.3 Å². The van der Waals surface area contributed by atoms with Crippen LogP contribution in [0.5, 0.6) is 0 Å². The largest absolute Gasteiger partial charge is 0.409 e. The molecule has 1 saturated heterocycles. The molecular formula is C7H15N3O3S. The van der Waals surface area contributed by atoms with E-state index in [0.29, 0.717) is 13.0 Å². The van der Waals surface area contributed by atoms with Crippen LogP contribution in [0.1, 0.15) is 19.8 Å². The molecule has 0 amide bonds. The van der Waals surface area contributed by atoms with Gasteiger partial charge in [-0.2, -0.15) is 4.31 Å². The van der Waals surface area contributed by atoms with Gasteiger partial charge in [-0.3, -0.25) is 0 Å². The lowest BCUT2D eigenvalue weighted by atomic mass is 10.2. The molecule has 0 aromatic rings. The third-order valence-corrected chi connectivity index (χ3v) is 4.26. The van der Waals surface area contributed by atoms with Gasteiger partial charge in [0.25, 0.3) is 0 Å². The number of hydrogen-bond donors (Lipinski definition) is 2. The van der Waals surface area contributed by atoms with Crippen LogP contribution in [0.2, 0.25) is 0 Å². The first-order chi connectivity index (χ1) is 6.53. The van der Waals surface area contributed by atoms with Crippen molar-refractivity contribution < 1.29 is 13.6 Å². The van der Waals surface area contributed by atoms with Gasteiger partial charge in [-0.25, -0.2) is 8.42 Å². The van der Waals surface area contributed by atoms with Gasteiger partial charge in [-0.15, -0.1) is 0 Å². The molecule has 1 atom stereocenters. The number of hydrogen-bond acceptors (Lipinski definition) is 4. The quantitative estimate of drug-likeness (QED) is 0.292. The average Bonchev–Trinajstić information content (AvgIpc) is 2.65. The lowest BCUT2D eigenvalue weighted by Crippen LogP contribution is -2.44. The van der Waals surface area contributed by atoms with Crippen LogP contribution in [0, 0.1) is 0 Å². The second-order valence-electron chi connectivity index (χ2n) is 3.19. The zero-order chi connectivity index (χ0) is 10.8. The van der Waals surface area contributed by atoms with E-state index in [4.69, 9.17) is 10.9 Å². The number of nitrogens with zero attached hydrogens (tertiary/aromatic N) is 2. The second kappa shape index (κ2) is 4.14. The summed E-state index contributed by atoms with van der Waals surface area (Å²) in [6.45, 7) is 2.04. The van der Waals surface area contributed by atoms with Crippen molar-refractivity contribution in [3.8, 4) is 0 Å². The third-order valence-electron chi connectivity index (χ3n) is 2.38. The van der Waals surface area contributed by atoms with E-state index >= 15 is 0 Å². The maximum Gasteiger partial charge on any atom is 0.214 e. The van der Waals surface area contributed by atoms with Gasteiger partial charge in [0.15, 0.2) is 5.84 Å². The Morgan fingerprint density at radius 1 is 1.71 bits per heavy atom. The Morgan fingerprint density at radius 3 is 2.86 bits per heavy atom. The zero-order valence-electron chi connectivity index (χ0n) is 8.05. The Hall–Kier alpha value is -0.820. The summed E-state index contributed by atoms with van der Waals surface area (Å²) in [4.78, 5) is 0. The zero-order valence-corrected chi connectivity index (χ0v) is 8.87. The third kappa shape index (κ3) is 1.98. The van der Waals surface area contributed by atoms with Crippen molar-refractivity contribution in [2.24, 2.45) is 10.9 Å². The van der Waals surface area contributed by atoms with E-state index in [9.17, 15) is 8.42 Å². The minimum atomic E-state index is -3.24. The smallest absolute Gasteiger partial charge is 0.214 e. The second-order valence-corrected chi connectivity index (χ2v) is 5.40. The molecule has 82 valence electrons. The van der Waals surface area contributed by atoms with Crippen LogP contribution in [-0.4, -0.2) is 42.1 Å². The van der Waals surface area contributed by atoms with Crippen molar-refractivity contribution in [1.29, 1.82) is 0 Å². The average molecular weight is 221 g/mol. The Bertz CT molecular complexity index is 325. The molecule has 0 aromatic heterocycles. The molecule has 7 heteroatoms. The van der Waals surface area contributed by atoms with E-state index < -0.39 is 16.1 Å². The fraction of sp³-hybridized carbons (Fsp3) is 0.857. The molecular weight excluding hydrogens is 206 g/mol. The van der Waals surface area contributed by atoms with Gasteiger partial charge in [0.1, 0.15) is 0 Å². The standard InChI is InChI=1S/C7H15N3O3S/c1-2-14(12,13)10-5-3-4-6(10)7(8)9-11/h6,11H,2-5H2,1H3,(H2,8,9). The van der Waals surface area contributed by atoms with Crippen molar-refractivity contribution in [3.63, 3.8) is 0 Å². The van der Waals surface area contributed by atoms with E-state index in [1.54, 1.807) is 6.92 Å². The van der Waals surface area contributed by atoms with Crippen LogP contribution in [-0.2, 0) is 10.0 Å². The molecule has 1 aliphatic heterocycles. The summed E-state index contributed by atoms with van der Waals surface area (Å²) in [6, 6.07) is -0.468. The summed E-state index contributed by atoms with van der Waals surface area (Å²) in [5.41, 5.74) is 5.41. The summed E-state index contributed by atoms with van der Waals surface area (Å²) in [5, 5.41) is 11.3. The van der Waals surface area contributed by atoms with E-state index in [1.165, 1.54) is 4.31 Å². The molecule has 1 unspecified atom stereocenters. The van der Waals surface area contributed by atoms with Crippen LogP contribution < -0.4 is 5.73 Å². The number of amidine groups is 1. The molecule has 0 aromatic carbocycles. The van der Waals surface area contributed by atoms with E-state index in [1.807, 2.05) is 0 Å². The summed E-state index contributed by atoms with van der Waals surface area (Å²) < 4.78 is 24.4. The van der Waals surface area contributed by atoms with Crippen molar-refractivity contribution >= 4 is 15.9 Å². The van der Waals surface area contributed by atoms with E-state index in [2.05, 4.69) is 5.16 Å². The normalized spacial score (nSPS) is 25.5. The number of oxime groups is 1. The highest BCUT2D eigenvalue weighted by molar-refractivity contribution is 7.89. The SMILES string of the molecule is CCS(=O)(=O)N1CCCC1/C(N)=N/O. The topological polar surface area (TPSA) is 96.0 Å². The molecule has 1 fully saturated rings. The van der Waals surface area contributed by atoms with Crippen LogP contribution in [0.25, 0.3) is 0 Å². The lowest BCUT2D eigenvalue weighted by molar-refractivity contribution is 0.311. The number of sulfonamides is 1. The highest BCUT2D eigenvalue weighted by Gasteiger charge is 2.35. The van der Waals surface area contributed by atoms with Gasteiger partial charge in [0.2, 0.25) is 10.0 Å². The molecule has 14 heavy (non-hydrogen) atoms. The summed E-state index contributed by atoms with van der Waals surface area (Å²) in [5.74, 6) is 0.0156. The van der Waals surface area contributed by atoms with Crippen molar-refractivity contribution in [3.05, 3.63) is 0 Å². The maximum atomic E-state index is 11.6. The van der Waals surface area contributed by atoms with Gasteiger partial charge >= 0.3 is 0 Å². The Balaban J connectivity index is 2.90. The Kier molecular flexibility index (Phi) is 3.33. The molecule has 3 N–H and O–H groups in total. The van der Waals surface area contributed by atoms with Crippen molar-refractivity contribution in [2.45, 2.75) is 25.8 Å². The highest BCUT2D eigenvalue weighted by Crippen LogP contribution is 2.21. The number of rotatable bonds is 3. The van der Waals surface area contributed by atoms with Gasteiger partial charge in [-0.1, -0.05) is 5.16 Å². The van der Waals surface area contributed by atoms with Gasteiger partial charge in [-0.05, 0) is 19.8 Å². The molecule has 6 nitrogen and oxygen atoms in total. The minimum absolute atomic E-state index is 0.0282. The Morgan fingerprint density at radius 2 is 2.36 bits per heavy atom. The first kappa shape index (κ1) is 11.3. The molecule has 0 saturated carbocycles. The molecule has 0 bridgehead atoms. The van der Waals surface area contributed by atoms with Gasteiger partial charge < -0.3 is 10.9 Å². The summed E-state index contributed by atoms with van der Waals surface area (Å²) >= 11 is 0. The fourth-order valence-corrected chi connectivity index (χ4v) is 2.94. The van der Waals surface area contributed by atoms with Crippen LogP contribution in [0.4, 0.5) is 0 Å². The molecule has 1 heterocycles. The molecule has 0 spiro atoms. The highest BCUT2D eigenvalue weighted by atomic mass is 32.2. The first-order valence-electron chi connectivity index (χ1n) is 4.50. The summed E-state index contributed by atoms with van der Waals surface area (Å²) in [7, 11) is -3.24. The van der Waals surface area contributed by atoms with Crippen LogP contribution in [0.15, 0.2) is 5.16 Å². The number of nitrogens with two attached hydrogens (primary N) is 1. The predicted molar refractivity (Wildman–Crippen MR) is 52.6 cm³/mol. The first-order valence-corrected chi connectivity index (χ1v) is 6.10. The van der Waals surface area contributed by atoms with E-state index in [-0.39, 0.29) is 11.6 Å². The predicted octanol–water partition coefficient (Wildman–Crippen LogP) is -0.453. The molecule has 0 aliphatic carbocycles. The van der Waals surface area contributed by atoms with Crippen LogP contribution >= 0.6 is 0 Å². The van der Waals surface area contributed by atoms with E-state index in [0.717, 1.165) is 6.42 Å². The van der Waals surface area contributed by atoms with Crippen molar-refractivity contribution in [1.82, 2.24) is 4.31 Å². The molecule has 1 rings (SSSR count). The van der Waals surface area contributed by atoms with Gasteiger partial charge in [0, 0.05) is 6.54 Å². The minimum Gasteiger partial charge on any atom is -0.409 e. The monoisotopic (exact) mass is 221 g/mol. The Labute approximate surface area is 83.4 Å². The molecule has 1 aliphatic rings. The van der Waals surface area contributed by atoms with Crippen LogP contribution in [0.3, 0.4) is 0 Å². The fourth-order valence-electron chi connectivity index (χ4n) is 1.60.